The van der Waals surface area contributed by atoms with E-state index in [1.807, 2.05) is 32.0 Å². The summed E-state index contributed by atoms with van der Waals surface area (Å²) < 4.78 is 5.37. The Balaban J connectivity index is 2.28. The molecule has 0 aliphatic heterocycles. The first kappa shape index (κ1) is 16.3. The number of anilines is 1. The second-order valence-corrected chi connectivity index (χ2v) is 6.06. The van der Waals surface area contributed by atoms with Gasteiger partial charge < -0.3 is 10.1 Å². The second kappa shape index (κ2) is 6.78. The van der Waals surface area contributed by atoms with E-state index in [1.165, 1.54) is 0 Å². The molecule has 1 atom stereocenters. The third-order valence-electron chi connectivity index (χ3n) is 3.30. The van der Waals surface area contributed by atoms with Crippen molar-refractivity contribution in [2.75, 3.05) is 12.4 Å². The number of methoxy groups -OCH3 is 1. The van der Waals surface area contributed by atoms with E-state index in [1.54, 1.807) is 19.2 Å². The van der Waals surface area contributed by atoms with Crippen LogP contribution >= 0.6 is 34.8 Å². The standard InChI is InChI=1S/C16H16Cl3NO/c1-9-6-15(16(21-3)8-13(9)18)20-10(2)11-4-5-12(17)14(19)7-11/h4-8,10,20H,1-3H3. The highest BCUT2D eigenvalue weighted by molar-refractivity contribution is 6.42. The fraction of sp³-hybridized carbons (Fsp3) is 0.250. The quantitative estimate of drug-likeness (QED) is 0.719. The molecule has 0 heterocycles. The molecular weight excluding hydrogens is 329 g/mol. The van der Waals surface area contributed by atoms with Crippen LogP contribution in [0.2, 0.25) is 15.1 Å². The second-order valence-electron chi connectivity index (χ2n) is 4.84. The molecule has 0 amide bonds. The zero-order chi connectivity index (χ0) is 15.6. The van der Waals surface area contributed by atoms with Gasteiger partial charge in [-0.05, 0) is 43.2 Å². The van der Waals surface area contributed by atoms with E-state index in [0.717, 1.165) is 16.8 Å². The molecule has 2 rings (SSSR count). The van der Waals surface area contributed by atoms with Crippen molar-refractivity contribution < 1.29 is 4.74 Å². The number of ether oxygens (including phenoxy) is 1. The zero-order valence-corrected chi connectivity index (χ0v) is 14.3. The molecule has 1 N–H and O–H groups in total. The number of halogens is 3. The molecule has 21 heavy (non-hydrogen) atoms. The van der Waals surface area contributed by atoms with Gasteiger partial charge in [-0.15, -0.1) is 0 Å². The van der Waals surface area contributed by atoms with Crippen molar-refractivity contribution in [2.24, 2.45) is 0 Å². The van der Waals surface area contributed by atoms with E-state index in [2.05, 4.69) is 5.32 Å². The molecule has 1 unspecified atom stereocenters. The third kappa shape index (κ3) is 3.76. The largest absolute Gasteiger partial charge is 0.495 e. The van der Waals surface area contributed by atoms with Crippen molar-refractivity contribution in [3.05, 3.63) is 56.5 Å². The Morgan fingerprint density at radius 3 is 2.33 bits per heavy atom. The lowest BCUT2D eigenvalue weighted by molar-refractivity contribution is 0.416. The first-order valence-corrected chi connectivity index (χ1v) is 7.61. The Morgan fingerprint density at radius 2 is 1.71 bits per heavy atom. The van der Waals surface area contributed by atoms with Crippen molar-refractivity contribution in [1.29, 1.82) is 0 Å². The molecule has 0 aliphatic carbocycles. The molecule has 5 heteroatoms. The van der Waals surface area contributed by atoms with E-state index in [-0.39, 0.29) is 6.04 Å². The lowest BCUT2D eigenvalue weighted by Gasteiger charge is -2.19. The third-order valence-corrected chi connectivity index (χ3v) is 4.44. The maximum absolute atomic E-state index is 6.12. The molecule has 0 bridgehead atoms. The summed E-state index contributed by atoms with van der Waals surface area (Å²) in [5.74, 6) is 0.706. The van der Waals surface area contributed by atoms with Gasteiger partial charge >= 0.3 is 0 Å². The van der Waals surface area contributed by atoms with Crippen LogP contribution in [0.25, 0.3) is 0 Å². The monoisotopic (exact) mass is 343 g/mol. The SMILES string of the molecule is COc1cc(Cl)c(C)cc1NC(C)c1ccc(Cl)c(Cl)c1. The fourth-order valence-electron chi connectivity index (χ4n) is 2.04. The molecule has 0 aromatic heterocycles. The number of aryl methyl sites for hydroxylation is 1. The van der Waals surface area contributed by atoms with Gasteiger partial charge in [0, 0.05) is 17.1 Å². The maximum Gasteiger partial charge on any atom is 0.143 e. The number of nitrogens with one attached hydrogen (secondary N) is 1. The number of hydrogen-bond acceptors (Lipinski definition) is 2. The Hall–Kier alpha value is -1.09. The van der Waals surface area contributed by atoms with Gasteiger partial charge in [0.05, 0.1) is 22.8 Å². The van der Waals surface area contributed by atoms with Crippen LogP contribution in [0.4, 0.5) is 5.69 Å². The van der Waals surface area contributed by atoms with Crippen molar-refractivity contribution >= 4 is 40.5 Å². The summed E-state index contributed by atoms with van der Waals surface area (Å²) in [7, 11) is 1.62. The fourth-order valence-corrected chi connectivity index (χ4v) is 2.50. The van der Waals surface area contributed by atoms with E-state index in [9.17, 15) is 0 Å². The Bertz CT molecular complexity index is 658. The Kier molecular flexibility index (Phi) is 5.26. The highest BCUT2D eigenvalue weighted by Gasteiger charge is 2.12. The van der Waals surface area contributed by atoms with Gasteiger partial charge in [-0.1, -0.05) is 40.9 Å². The number of benzene rings is 2. The van der Waals surface area contributed by atoms with Gasteiger partial charge in [-0.3, -0.25) is 0 Å². The maximum atomic E-state index is 6.12. The minimum atomic E-state index is 0.0502. The van der Waals surface area contributed by atoms with Crippen LogP contribution in [0.1, 0.15) is 24.1 Å². The summed E-state index contributed by atoms with van der Waals surface area (Å²) in [6.45, 7) is 4.00. The predicted molar refractivity (Wildman–Crippen MR) is 91.2 cm³/mol. The summed E-state index contributed by atoms with van der Waals surface area (Å²) in [6, 6.07) is 9.42. The van der Waals surface area contributed by atoms with Crippen molar-refractivity contribution in [3.63, 3.8) is 0 Å². The van der Waals surface area contributed by atoms with Crippen LogP contribution in [-0.2, 0) is 0 Å². The van der Waals surface area contributed by atoms with Crippen LogP contribution < -0.4 is 10.1 Å². The molecule has 2 aromatic rings. The molecule has 0 aliphatic rings. The summed E-state index contributed by atoms with van der Waals surface area (Å²) in [5.41, 5.74) is 2.92. The smallest absolute Gasteiger partial charge is 0.143 e. The normalized spacial score (nSPS) is 12.1. The average molecular weight is 345 g/mol. The van der Waals surface area contributed by atoms with Crippen LogP contribution in [-0.4, -0.2) is 7.11 Å². The van der Waals surface area contributed by atoms with Gasteiger partial charge in [-0.25, -0.2) is 0 Å². The molecule has 112 valence electrons. The van der Waals surface area contributed by atoms with Crippen LogP contribution in [0.15, 0.2) is 30.3 Å². The number of hydrogen-bond donors (Lipinski definition) is 1. The van der Waals surface area contributed by atoms with E-state index in [0.29, 0.717) is 20.8 Å². The molecular formula is C16H16Cl3NO. The first-order chi connectivity index (χ1) is 9.92. The van der Waals surface area contributed by atoms with E-state index in [4.69, 9.17) is 39.5 Å². The van der Waals surface area contributed by atoms with Gasteiger partial charge in [-0.2, -0.15) is 0 Å². The Labute approximate surface area is 140 Å². The van der Waals surface area contributed by atoms with Crippen LogP contribution in [0.3, 0.4) is 0 Å². The summed E-state index contributed by atoms with van der Waals surface area (Å²) in [4.78, 5) is 0. The molecule has 2 nitrogen and oxygen atoms in total. The summed E-state index contributed by atoms with van der Waals surface area (Å²) in [5, 5.41) is 5.18. The lowest BCUT2D eigenvalue weighted by Crippen LogP contribution is -2.08. The Morgan fingerprint density at radius 1 is 1.00 bits per heavy atom. The topological polar surface area (TPSA) is 21.3 Å². The van der Waals surface area contributed by atoms with E-state index >= 15 is 0 Å². The van der Waals surface area contributed by atoms with Crippen molar-refractivity contribution in [3.8, 4) is 5.75 Å². The molecule has 2 aromatic carbocycles. The molecule has 0 fully saturated rings. The van der Waals surface area contributed by atoms with Gasteiger partial charge in [0.2, 0.25) is 0 Å². The van der Waals surface area contributed by atoms with Gasteiger partial charge in [0.25, 0.3) is 0 Å². The van der Waals surface area contributed by atoms with Gasteiger partial charge in [0.15, 0.2) is 0 Å². The summed E-state index contributed by atoms with van der Waals surface area (Å²) in [6.07, 6.45) is 0. The summed E-state index contributed by atoms with van der Waals surface area (Å²) >= 11 is 18.1. The highest BCUT2D eigenvalue weighted by Crippen LogP contribution is 2.34. The highest BCUT2D eigenvalue weighted by atomic mass is 35.5. The molecule has 0 saturated carbocycles. The first-order valence-electron chi connectivity index (χ1n) is 6.48. The van der Waals surface area contributed by atoms with Crippen LogP contribution in [0, 0.1) is 6.92 Å². The zero-order valence-electron chi connectivity index (χ0n) is 12.0. The molecule has 0 saturated heterocycles. The minimum absolute atomic E-state index is 0.0502. The predicted octanol–water partition coefficient (Wildman–Crippen LogP) is 6.14. The van der Waals surface area contributed by atoms with Crippen LogP contribution in [0.5, 0.6) is 5.75 Å². The van der Waals surface area contributed by atoms with Crippen molar-refractivity contribution in [1.82, 2.24) is 0 Å². The van der Waals surface area contributed by atoms with Crippen molar-refractivity contribution in [2.45, 2.75) is 19.9 Å². The lowest BCUT2D eigenvalue weighted by atomic mass is 10.1. The number of rotatable bonds is 4. The molecule has 0 spiro atoms. The minimum Gasteiger partial charge on any atom is -0.495 e. The molecule has 0 radical (unpaired) electrons. The van der Waals surface area contributed by atoms with E-state index < -0.39 is 0 Å². The van der Waals surface area contributed by atoms with Gasteiger partial charge in [0.1, 0.15) is 5.75 Å². The average Bonchev–Trinajstić information content (AvgIpc) is 2.45.